The number of halogens is 1. The highest BCUT2D eigenvalue weighted by molar-refractivity contribution is 9.10. The lowest BCUT2D eigenvalue weighted by molar-refractivity contribution is -0.130. The fraction of sp³-hybridized carbons (Fsp3) is 0.500. The third kappa shape index (κ3) is 3.86. The van der Waals surface area contributed by atoms with Gasteiger partial charge in [-0.3, -0.25) is 9.48 Å². The molecule has 1 saturated heterocycles. The van der Waals surface area contributed by atoms with Crippen LogP contribution >= 0.6 is 15.9 Å². The van der Waals surface area contributed by atoms with Crippen LogP contribution in [-0.4, -0.2) is 35.4 Å². The Balaban J connectivity index is 1.61. The third-order valence-corrected chi connectivity index (χ3v) is 6.38. The highest BCUT2D eigenvalue weighted by Gasteiger charge is 2.41. The number of hydrogen-bond acceptors (Lipinski definition) is 3. The molecule has 0 atom stereocenters. The first-order valence-corrected chi connectivity index (χ1v) is 9.95. The van der Waals surface area contributed by atoms with Crippen molar-refractivity contribution in [1.29, 1.82) is 0 Å². The average Bonchev–Trinajstić information content (AvgIpc) is 2.93. The zero-order valence-electron chi connectivity index (χ0n) is 15.4. The molecule has 0 radical (unpaired) electrons. The van der Waals surface area contributed by atoms with Crippen LogP contribution in [0.3, 0.4) is 0 Å². The summed E-state index contributed by atoms with van der Waals surface area (Å²) < 4.78 is 8.57. The van der Waals surface area contributed by atoms with E-state index in [9.17, 15) is 4.79 Å². The van der Waals surface area contributed by atoms with Crippen molar-refractivity contribution in [3.63, 3.8) is 0 Å². The molecule has 140 valence electrons. The molecule has 0 aliphatic carbocycles. The van der Waals surface area contributed by atoms with Gasteiger partial charge in [-0.1, -0.05) is 30.3 Å². The standard InChI is InChI=1S/C20H26BrN3O2/c1-15-18(21)16(2)24(23-15)12-6-11-22-19(25)20(9-13-26-14-10-20)17-7-4-3-5-8-17/h3-5,7-8H,6,9-14H2,1-2H3,(H,22,25). The van der Waals surface area contributed by atoms with E-state index in [2.05, 4.69) is 45.4 Å². The van der Waals surface area contributed by atoms with Crippen LogP contribution < -0.4 is 5.32 Å². The average molecular weight is 420 g/mol. The summed E-state index contributed by atoms with van der Waals surface area (Å²) in [5.41, 5.74) is 2.74. The fourth-order valence-electron chi connectivity index (χ4n) is 3.62. The quantitative estimate of drug-likeness (QED) is 0.728. The number of amides is 1. The molecule has 1 aromatic heterocycles. The molecule has 0 saturated carbocycles. The van der Waals surface area contributed by atoms with E-state index in [1.165, 1.54) is 0 Å². The first kappa shape index (κ1) is 19.1. The van der Waals surface area contributed by atoms with E-state index in [0.29, 0.717) is 19.8 Å². The summed E-state index contributed by atoms with van der Waals surface area (Å²) in [5, 5.41) is 7.67. The Morgan fingerprint density at radius 1 is 1.27 bits per heavy atom. The normalized spacial score (nSPS) is 16.4. The fourth-order valence-corrected chi connectivity index (χ4v) is 3.90. The Labute approximate surface area is 163 Å². The van der Waals surface area contributed by atoms with Crippen LogP contribution in [0.15, 0.2) is 34.8 Å². The molecule has 1 fully saturated rings. The number of hydrogen-bond donors (Lipinski definition) is 1. The molecule has 3 rings (SSSR count). The SMILES string of the molecule is Cc1nn(CCCNC(=O)C2(c3ccccc3)CCOCC2)c(C)c1Br. The predicted octanol–water partition coefficient (Wildman–Crippen LogP) is 3.52. The summed E-state index contributed by atoms with van der Waals surface area (Å²) in [7, 11) is 0. The summed E-state index contributed by atoms with van der Waals surface area (Å²) >= 11 is 3.55. The van der Waals surface area contributed by atoms with Crippen LogP contribution in [0, 0.1) is 13.8 Å². The maximum absolute atomic E-state index is 13.1. The number of carbonyl (C=O) groups excluding carboxylic acids is 1. The Hall–Kier alpha value is -1.66. The maximum Gasteiger partial charge on any atom is 0.230 e. The lowest BCUT2D eigenvalue weighted by Gasteiger charge is -2.36. The van der Waals surface area contributed by atoms with Gasteiger partial charge in [-0.15, -0.1) is 0 Å². The van der Waals surface area contributed by atoms with Crippen LogP contribution in [0.5, 0.6) is 0 Å². The van der Waals surface area contributed by atoms with E-state index >= 15 is 0 Å². The Morgan fingerprint density at radius 2 is 1.96 bits per heavy atom. The summed E-state index contributed by atoms with van der Waals surface area (Å²) in [6, 6.07) is 10.1. The molecule has 1 amide bonds. The monoisotopic (exact) mass is 419 g/mol. The van der Waals surface area contributed by atoms with Gasteiger partial charge in [0.25, 0.3) is 0 Å². The van der Waals surface area contributed by atoms with Crippen LogP contribution in [0.2, 0.25) is 0 Å². The molecule has 2 heterocycles. The van der Waals surface area contributed by atoms with E-state index in [1.54, 1.807) is 0 Å². The molecule has 1 aliphatic rings. The second-order valence-corrected chi connectivity index (χ2v) is 7.67. The van der Waals surface area contributed by atoms with Crippen molar-refractivity contribution in [2.75, 3.05) is 19.8 Å². The molecule has 2 aromatic rings. The molecule has 0 bridgehead atoms. The molecule has 0 spiro atoms. The van der Waals surface area contributed by atoms with Gasteiger partial charge in [0.05, 0.1) is 15.6 Å². The smallest absolute Gasteiger partial charge is 0.230 e. The third-order valence-electron chi connectivity index (χ3n) is 5.23. The number of benzene rings is 1. The molecule has 1 N–H and O–H groups in total. The molecule has 1 aliphatic heterocycles. The van der Waals surface area contributed by atoms with Crippen molar-refractivity contribution in [2.45, 2.75) is 45.1 Å². The van der Waals surface area contributed by atoms with Crippen molar-refractivity contribution in [3.8, 4) is 0 Å². The zero-order valence-corrected chi connectivity index (χ0v) is 17.0. The second-order valence-electron chi connectivity index (χ2n) is 6.88. The molecule has 1 aromatic carbocycles. The highest BCUT2D eigenvalue weighted by atomic mass is 79.9. The van der Waals surface area contributed by atoms with Gasteiger partial charge in [0.15, 0.2) is 0 Å². The summed E-state index contributed by atoms with van der Waals surface area (Å²) in [6.45, 7) is 6.73. The number of aryl methyl sites for hydroxylation is 2. The largest absolute Gasteiger partial charge is 0.381 e. The molecular formula is C20H26BrN3O2. The summed E-state index contributed by atoms with van der Waals surface area (Å²) in [4.78, 5) is 13.1. The second kappa shape index (κ2) is 8.35. The summed E-state index contributed by atoms with van der Waals surface area (Å²) in [5.74, 6) is 0.113. The number of aromatic nitrogens is 2. The first-order valence-electron chi connectivity index (χ1n) is 9.16. The minimum Gasteiger partial charge on any atom is -0.381 e. The van der Waals surface area contributed by atoms with Crippen LogP contribution in [0.4, 0.5) is 0 Å². The number of rotatable bonds is 6. The number of nitrogens with zero attached hydrogens (tertiary/aromatic N) is 2. The number of ether oxygens (including phenoxy) is 1. The van der Waals surface area contributed by atoms with Gasteiger partial charge in [-0.2, -0.15) is 5.10 Å². The molecule has 0 unspecified atom stereocenters. The topological polar surface area (TPSA) is 56.2 Å². The molecule has 26 heavy (non-hydrogen) atoms. The Morgan fingerprint density at radius 3 is 2.58 bits per heavy atom. The van der Waals surface area contributed by atoms with Gasteiger partial charge < -0.3 is 10.1 Å². The summed E-state index contributed by atoms with van der Waals surface area (Å²) in [6.07, 6.45) is 2.31. The lowest BCUT2D eigenvalue weighted by atomic mass is 9.73. The maximum atomic E-state index is 13.1. The van der Waals surface area contributed by atoms with Crippen molar-refractivity contribution in [1.82, 2.24) is 15.1 Å². The van der Waals surface area contributed by atoms with Crippen molar-refractivity contribution in [3.05, 3.63) is 51.8 Å². The molecule has 6 heteroatoms. The minimum atomic E-state index is -0.471. The van der Waals surface area contributed by atoms with E-state index in [4.69, 9.17) is 4.74 Å². The Bertz CT molecular complexity index is 752. The van der Waals surface area contributed by atoms with Crippen molar-refractivity contribution < 1.29 is 9.53 Å². The van der Waals surface area contributed by atoms with Crippen LogP contribution in [-0.2, 0) is 21.5 Å². The predicted molar refractivity (Wildman–Crippen MR) is 105 cm³/mol. The van der Waals surface area contributed by atoms with Crippen molar-refractivity contribution in [2.24, 2.45) is 0 Å². The van der Waals surface area contributed by atoms with Gasteiger partial charge >= 0.3 is 0 Å². The minimum absolute atomic E-state index is 0.113. The van der Waals surface area contributed by atoms with Gasteiger partial charge in [-0.25, -0.2) is 0 Å². The van der Waals surface area contributed by atoms with E-state index in [1.807, 2.05) is 29.8 Å². The van der Waals surface area contributed by atoms with Gasteiger partial charge in [-0.05, 0) is 54.6 Å². The van der Waals surface area contributed by atoms with E-state index in [-0.39, 0.29) is 5.91 Å². The molecule has 5 nitrogen and oxygen atoms in total. The van der Waals surface area contributed by atoms with Gasteiger partial charge in [0, 0.05) is 32.0 Å². The first-order chi connectivity index (χ1) is 12.5. The van der Waals surface area contributed by atoms with Gasteiger partial charge in [0.1, 0.15) is 0 Å². The zero-order chi connectivity index (χ0) is 18.6. The number of carbonyl (C=O) groups is 1. The molecular weight excluding hydrogens is 394 g/mol. The van der Waals surface area contributed by atoms with Gasteiger partial charge in [0.2, 0.25) is 5.91 Å². The van der Waals surface area contributed by atoms with Crippen LogP contribution in [0.25, 0.3) is 0 Å². The Kier molecular flexibility index (Phi) is 6.14. The lowest BCUT2D eigenvalue weighted by Crippen LogP contribution is -2.48. The van der Waals surface area contributed by atoms with Crippen molar-refractivity contribution >= 4 is 21.8 Å². The van der Waals surface area contributed by atoms with E-state index < -0.39 is 5.41 Å². The number of nitrogens with one attached hydrogen (secondary N) is 1. The van der Waals surface area contributed by atoms with Crippen LogP contribution in [0.1, 0.15) is 36.2 Å². The van der Waals surface area contributed by atoms with E-state index in [0.717, 1.165) is 47.2 Å². The highest BCUT2D eigenvalue weighted by Crippen LogP contribution is 2.35.